The first-order chi connectivity index (χ1) is 14.7. The van der Waals surface area contributed by atoms with Crippen molar-refractivity contribution in [2.45, 2.75) is 39.3 Å². The van der Waals surface area contributed by atoms with Crippen molar-refractivity contribution >= 4 is 5.91 Å². The van der Waals surface area contributed by atoms with Crippen molar-refractivity contribution in [3.63, 3.8) is 0 Å². The predicted octanol–water partition coefficient (Wildman–Crippen LogP) is 3.78. The minimum atomic E-state index is 0.0422. The number of carbonyl (C=O) groups excluding carboxylic acids is 1. The first kappa shape index (κ1) is 22.0. The molecule has 0 aromatic heterocycles. The van der Waals surface area contributed by atoms with Gasteiger partial charge in [0.15, 0.2) is 11.5 Å². The number of fused-ring (bicyclic) bond motifs is 1. The van der Waals surface area contributed by atoms with Gasteiger partial charge in [-0.05, 0) is 49.9 Å². The second-order valence-electron chi connectivity index (χ2n) is 7.43. The number of methoxy groups -OCH3 is 1. The second kappa shape index (κ2) is 11.5. The molecule has 0 atom stereocenters. The van der Waals surface area contributed by atoms with Crippen LogP contribution in [-0.2, 0) is 17.9 Å². The molecule has 6 heteroatoms. The van der Waals surface area contributed by atoms with Gasteiger partial charge in [-0.15, -0.1) is 0 Å². The molecule has 3 rings (SSSR count). The normalized spacial score (nSPS) is 16.1. The van der Waals surface area contributed by atoms with E-state index in [2.05, 4.69) is 16.3 Å². The third-order valence-corrected chi connectivity index (χ3v) is 5.05. The first-order valence-electron chi connectivity index (χ1n) is 10.7. The number of hydrogen-bond acceptors (Lipinski definition) is 5. The summed E-state index contributed by atoms with van der Waals surface area (Å²) < 4.78 is 17.3. The highest BCUT2D eigenvalue weighted by atomic mass is 16.5. The Balaban J connectivity index is 1.88. The third kappa shape index (κ3) is 6.39. The Morgan fingerprint density at radius 1 is 1.10 bits per heavy atom. The molecule has 0 spiro atoms. The van der Waals surface area contributed by atoms with Crippen molar-refractivity contribution in [1.82, 2.24) is 10.2 Å². The van der Waals surface area contributed by atoms with Gasteiger partial charge in [0.1, 0.15) is 5.75 Å². The van der Waals surface area contributed by atoms with Crippen LogP contribution < -0.4 is 19.5 Å². The highest BCUT2D eigenvalue weighted by Crippen LogP contribution is 2.33. The second-order valence-corrected chi connectivity index (χ2v) is 7.43. The van der Waals surface area contributed by atoms with Crippen molar-refractivity contribution in [3.05, 3.63) is 53.6 Å². The fraction of sp³-hybridized carbons (Fsp3) is 0.458. The van der Waals surface area contributed by atoms with Crippen LogP contribution in [0, 0.1) is 0 Å². The van der Waals surface area contributed by atoms with E-state index in [1.807, 2.05) is 43.3 Å². The Bertz CT molecular complexity index is 825. The lowest BCUT2D eigenvalue weighted by Crippen LogP contribution is -2.37. The zero-order valence-corrected chi connectivity index (χ0v) is 18.0. The number of amides is 1. The number of rotatable bonds is 5. The highest BCUT2D eigenvalue weighted by Gasteiger charge is 2.18. The molecule has 2 aromatic rings. The molecule has 0 unspecified atom stereocenters. The van der Waals surface area contributed by atoms with E-state index in [4.69, 9.17) is 14.2 Å². The molecule has 0 saturated heterocycles. The molecule has 6 nitrogen and oxygen atoms in total. The fourth-order valence-corrected chi connectivity index (χ4v) is 3.62. The maximum Gasteiger partial charge on any atom is 0.234 e. The fourth-order valence-electron chi connectivity index (χ4n) is 3.62. The van der Waals surface area contributed by atoms with E-state index in [0.29, 0.717) is 39.4 Å². The summed E-state index contributed by atoms with van der Waals surface area (Å²) in [4.78, 5) is 14.7. The lowest BCUT2D eigenvalue weighted by Gasteiger charge is -2.24. The molecule has 1 N–H and O–H groups in total. The Morgan fingerprint density at radius 2 is 1.97 bits per heavy atom. The summed E-state index contributed by atoms with van der Waals surface area (Å²) in [6.07, 6.45) is 2.91. The van der Waals surface area contributed by atoms with Crippen LogP contribution in [-0.4, -0.2) is 44.2 Å². The number of para-hydroxylation sites is 1. The summed E-state index contributed by atoms with van der Waals surface area (Å²) in [7, 11) is 1.66. The van der Waals surface area contributed by atoms with E-state index in [1.165, 1.54) is 0 Å². The smallest absolute Gasteiger partial charge is 0.234 e. The molecule has 2 aromatic carbocycles. The molecule has 30 heavy (non-hydrogen) atoms. The van der Waals surface area contributed by atoms with E-state index in [1.54, 1.807) is 7.11 Å². The molecular weight excluding hydrogens is 380 g/mol. The molecule has 1 aliphatic rings. The standard InChI is InChI=1S/C24H32N2O4/c1-3-29-22-12-8-10-20-17-26(16-19-9-7-11-21(15-19)28-2)18-23(27)25-13-5-4-6-14-30-24(20)22/h7-12,15H,3-6,13-14,16-18H2,1-2H3,(H,25,27). The van der Waals surface area contributed by atoms with E-state index in [-0.39, 0.29) is 5.91 Å². The van der Waals surface area contributed by atoms with Gasteiger partial charge in [0.2, 0.25) is 5.91 Å². The van der Waals surface area contributed by atoms with Crippen molar-refractivity contribution < 1.29 is 19.0 Å². The van der Waals surface area contributed by atoms with Crippen LogP contribution in [0.15, 0.2) is 42.5 Å². The lowest BCUT2D eigenvalue weighted by atomic mass is 10.1. The first-order valence-corrected chi connectivity index (χ1v) is 10.7. The summed E-state index contributed by atoms with van der Waals surface area (Å²) in [6, 6.07) is 13.9. The summed E-state index contributed by atoms with van der Waals surface area (Å²) >= 11 is 0. The van der Waals surface area contributed by atoms with Crippen molar-refractivity contribution in [2.75, 3.05) is 33.4 Å². The van der Waals surface area contributed by atoms with Gasteiger partial charge in [-0.2, -0.15) is 0 Å². The highest BCUT2D eigenvalue weighted by molar-refractivity contribution is 5.78. The molecule has 0 aliphatic carbocycles. The van der Waals surface area contributed by atoms with Crippen molar-refractivity contribution in [3.8, 4) is 17.2 Å². The van der Waals surface area contributed by atoms with Gasteiger partial charge >= 0.3 is 0 Å². The van der Waals surface area contributed by atoms with Crippen LogP contribution >= 0.6 is 0 Å². The Morgan fingerprint density at radius 3 is 2.80 bits per heavy atom. The average Bonchev–Trinajstić information content (AvgIpc) is 2.75. The number of nitrogens with one attached hydrogen (secondary N) is 1. The molecule has 1 heterocycles. The molecule has 1 aliphatic heterocycles. The summed E-state index contributed by atoms with van der Waals surface area (Å²) in [5.41, 5.74) is 2.12. The number of nitrogens with zero attached hydrogens (tertiary/aromatic N) is 1. The molecule has 0 bridgehead atoms. The maximum atomic E-state index is 12.6. The molecule has 162 valence electrons. The summed E-state index contributed by atoms with van der Waals surface area (Å²) in [5, 5.41) is 3.04. The van der Waals surface area contributed by atoms with Crippen LogP contribution in [0.1, 0.15) is 37.3 Å². The number of hydrogen-bond donors (Lipinski definition) is 1. The lowest BCUT2D eigenvalue weighted by molar-refractivity contribution is -0.122. The molecular formula is C24H32N2O4. The van der Waals surface area contributed by atoms with E-state index in [0.717, 1.165) is 47.6 Å². The number of benzene rings is 2. The molecule has 0 radical (unpaired) electrons. The third-order valence-electron chi connectivity index (χ3n) is 5.05. The zero-order chi connectivity index (χ0) is 21.2. The molecule has 0 saturated carbocycles. The Hall–Kier alpha value is -2.73. The van der Waals surface area contributed by atoms with Gasteiger partial charge in [0.25, 0.3) is 0 Å². The Kier molecular flexibility index (Phi) is 8.39. The van der Waals surface area contributed by atoms with E-state index in [9.17, 15) is 4.79 Å². The van der Waals surface area contributed by atoms with Crippen molar-refractivity contribution in [1.29, 1.82) is 0 Å². The topological polar surface area (TPSA) is 60.0 Å². The van der Waals surface area contributed by atoms with Gasteiger partial charge in [0.05, 0.1) is 26.9 Å². The van der Waals surface area contributed by atoms with Crippen LogP contribution in [0.25, 0.3) is 0 Å². The average molecular weight is 413 g/mol. The van der Waals surface area contributed by atoms with Gasteiger partial charge in [-0.25, -0.2) is 0 Å². The monoisotopic (exact) mass is 412 g/mol. The Labute approximate surface area is 179 Å². The molecule has 1 amide bonds. The SMILES string of the molecule is CCOc1cccc2c1OCCCCCNC(=O)CN(Cc1cccc(OC)c1)C2. The maximum absolute atomic E-state index is 12.6. The number of ether oxygens (including phenoxy) is 3. The minimum Gasteiger partial charge on any atom is -0.497 e. The largest absolute Gasteiger partial charge is 0.497 e. The summed E-state index contributed by atoms with van der Waals surface area (Å²) in [5.74, 6) is 2.40. The number of carbonyl (C=O) groups is 1. The van der Waals surface area contributed by atoms with Gasteiger partial charge in [0, 0.05) is 25.2 Å². The quantitative estimate of drug-likeness (QED) is 0.810. The predicted molar refractivity (Wildman–Crippen MR) is 117 cm³/mol. The van der Waals surface area contributed by atoms with Gasteiger partial charge in [-0.3, -0.25) is 9.69 Å². The van der Waals surface area contributed by atoms with Gasteiger partial charge in [-0.1, -0.05) is 24.3 Å². The van der Waals surface area contributed by atoms with Crippen LogP contribution in [0.5, 0.6) is 17.2 Å². The summed E-state index contributed by atoms with van der Waals surface area (Å²) in [6.45, 7) is 5.41. The van der Waals surface area contributed by atoms with E-state index < -0.39 is 0 Å². The van der Waals surface area contributed by atoms with Crippen LogP contribution in [0.4, 0.5) is 0 Å². The molecule has 0 fully saturated rings. The zero-order valence-electron chi connectivity index (χ0n) is 18.0. The van der Waals surface area contributed by atoms with Crippen molar-refractivity contribution in [2.24, 2.45) is 0 Å². The van der Waals surface area contributed by atoms with E-state index >= 15 is 0 Å². The van der Waals surface area contributed by atoms with Gasteiger partial charge < -0.3 is 19.5 Å². The van der Waals surface area contributed by atoms with Crippen LogP contribution in [0.3, 0.4) is 0 Å². The van der Waals surface area contributed by atoms with Crippen LogP contribution in [0.2, 0.25) is 0 Å². The minimum absolute atomic E-state index is 0.0422.